The molecule has 170 valence electrons. The molecule has 6 heteroatoms. The third kappa shape index (κ3) is 5.22. The average Bonchev–Trinajstić information content (AvgIpc) is 3.19. The highest BCUT2D eigenvalue weighted by atomic mass is 19.1. The molecule has 0 aliphatic heterocycles. The zero-order valence-corrected chi connectivity index (χ0v) is 18.6. The smallest absolute Gasteiger partial charge is 0.255 e. The fraction of sp³-hybridized carbons (Fsp3) is 0.222. The summed E-state index contributed by atoms with van der Waals surface area (Å²) in [6.45, 7) is 4.38. The Balaban J connectivity index is 1.58. The van der Waals surface area contributed by atoms with Crippen LogP contribution in [0.15, 0.2) is 66.9 Å². The minimum Gasteiger partial charge on any atom is -0.493 e. The third-order valence-corrected chi connectivity index (χ3v) is 5.46. The highest BCUT2D eigenvalue weighted by Crippen LogP contribution is 2.28. The van der Waals surface area contributed by atoms with E-state index in [4.69, 9.17) is 4.74 Å². The van der Waals surface area contributed by atoms with E-state index in [-0.39, 0.29) is 11.9 Å². The van der Waals surface area contributed by atoms with Crippen molar-refractivity contribution in [1.29, 1.82) is 0 Å². The fourth-order valence-electron chi connectivity index (χ4n) is 3.93. The maximum Gasteiger partial charge on any atom is 0.255 e. The van der Waals surface area contributed by atoms with Crippen LogP contribution in [0, 0.1) is 11.6 Å². The molecule has 1 heterocycles. The molecule has 0 saturated carbocycles. The molecule has 4 aromatic rings. The Hall–Kier alpha value is -3.67. The van der Waals surface area contributed by atoms with E-state index in [1.165, 1.54) is 12.1 Å². The average molecular weight is 449 g/mol. The Bertz CT molecular complexity index is 1260. The molecule has 1 atom stereocenters. The molecule has 1 unspecified atom stereocenters. The van der Waals surface area contributed by atoms with Crippen LogP contribution in [-0.4, -0.2) is 23.5 Å². The molecule has 0 saturated heterocycles. The molecular weight excluding hydrogens is 422 g/mol. The first-order chi connectivity index (χ1) is 15.9. The van der Waals surface area contributed by atoms with Crippen molar-refractivity contribution in [2.75, 3.05) is 6.61 Å². The molecule has 4 nitrogen and oxygen atoms in total. The molecule has 33 heavy (non-hydrogen) atoms. The number of aromatic nitrogens is 1. The lowest BCUT2D eigenvalue weighted by Crippen LogP contribution is -2.34. The lowest BCUT2D eigenvalue weighted by molar-refractivity contribution is 0.0936. The van der Waals surface area contributed by atoms with Gasteiger partial charge in [0.05, 0.1) is 12.2 Å². The minimum atomic E-state index is -0.672. The van der Waals surface area contributed by atoms with Gasteiger partial charge in [0.15, 0.2) is 0 Å². The van der Waals surface area contributed by atoms with Crippen LogP contribution in [0.4, 0.5) is 8.78 Å². The molecule has 1 amide bonds. The quantitative estimate of drug-likeness (QED) is 0.334. The fourth-order valence-corrected chi connectivity index (χ4v) is 3.93. The number of hydrogen-bond acceptors (Lipinski definition) is 2. The molecular formula is C27H26F2N2O2. The number of hydrogen-bond donors (Lipinski definition) is 2. The van der Waals surface area contributed by atoms with E-state index in [0.717, 1.165) is 29.0 Å². The van der Waals surface area contributed by atoms with Crippen molar-refractivity contribution < 1.29 is 18.3 Å². The van der Waals surface area contributed by atoms with Gasteiger partial charge in [0, 0.05) is 29.2 Å². The summed E-state index contributed by atoms with van der Waals surface area (Å²) in [4.78, 5) is 16.5. The van der Waals surface area contributed by atoms with Crippen LogP contribution in [0.3, 0.4) is 0 Å². The number of H-pyrrole nitrogens is 1. The number of carbonyl (C=O) groups excluding carboxylic acids is 1. The van der Waals surface area contributed by atoms with Gasteiger partial charge in [-0.05, 0) is 66.8 Å². The summed E-state index contributed by atoms with van der Waals surface area (Å²) < 4.78 is 33.2. The Morgan fingerprint density at radius 3 is 2.55 bits per heavy atom. The summed E-state index contributed by atoms with van der Waals surface area (Å²) >= 11 is 0. The lowest BCUT2D eigenvalue weighted by atomic mass is 10.0. The standard InChI is InChI=1S/C27H26F2N2O2/c1-3-10-33-26-9-8-18(19-12-21(28)15-22(29)13-19)14-24(26)27(32)31-17(2)11-20-16-30-25-7-5-4-6-23(20)25/h4-9,12-17,30H,3,10-11H2,1-2H3,(H,31,32). The van der Waals surface area contributed by atoms with Crippen LogP contribution < -0.4 is 10.1 Å². The zero-order valence-electron chi connectivity index (χ0n) is 18.6. The number of fused-ring (bicyclic) bond motifs is 1. The second-order valence-corrected chi connectivity index (χ2v) is 8.16. The van der Waals surface area contributed by atoms with Crippen molar-refractivity contribution in [1.82, 2.24) is 10.3 Å². The minimum absolute atomic E-state index is 0.147. The van der Waals surface area contributed by atoms with Crippen LogP contribution >= 0.6 is 0 Å². The van der Waals surface area contributed by atoms with Crippen LogP contribution in [0.1, 0.15) is 36.2 Å². The maximum atomic E-state index is 13.7. The van der Waals surface area contributed by atoms with Crippen molar-refractivity contribution in [3.05, 3.63) is 89.6 Å². The van der Waals surface area contributed by atoms with Gasteiger partial charge in [0.2, 0.25) is 0 Å². The Kier molecular flexibility index (Phi) is 6.73. The second kappa shape index (κ2) is 9.86. The SMILES string of the molecule is CCCOc1ccc(-c2cc(F)cc(F)c2)cc1C(=O)NC(C)Cc1c[nH]c2ccccc12. The summed E-state index contributed by atoms with van der Waals surface area (Å²) in [5.74, 6) is -1.20. The van der Waals surface area contributed by atoms with E-state index in [9.17, 15) is 13.6 Å². The van der Waals surface area contributed by atoms with Gasteiger partial charge < -0.3 is 15.0 Å². The van der Waals surface area contributed by atoms with Crippen LogP contribution in [0.25, 0.3) is 22.0 Å². The van der Waals surface area contributed by atoms with Crippen LogP contribution in [-0.2, 0) is 6.42 Å². The number of benzene rings is 3. The summed E-state index contributed by atoms with van der Waals surface area (Å²) in [6.07, 6.45) is 3.40. The molecule has 0 fully saturated rings. The molecule has 2 N–H and O–H groups in total. The van der Waals surface area contributed by atoms with Crippen molar-refractivity contribution in [3.8, 4) is 16.9 Å². The Morgan fingerprint density at radius 2 is 1.79 bits per heavy atom. The van der Waals surface area contributed by atoms with Gasteiger partial charge >= 0.3 is 0 Å². The van der Waals surface area contributed by atoms with E-state index in [2.05, 4.69) is 10.3 Å². The van der Waals surface area contributed by atoms with Gasteiger partial charge in [-0.2, -0.15) is 0 Å². The molecule has 0 spiro atoms. The van der Waals surface area contributed by atoms with Gasteiger partial charge in [0.25, 0.3) is 5.91 Å². The largest absolute Gasteiger partial charge is 0.493 e. The Morgan fingerprint density at radius 1 is 1.03 bits per heavy atom. The first-order valence-corrected chi connectivity index (χ1v) is 11.0. The van der Waals surface area contributed by atoms with Crippen LogP contribution in [0.5, 0.6) is 5.75 Å². The van der Waals surface area contributed by atoms with E-state index < -0.39 is 11.6 Å². The second-order valence-electron chi connectivity index (χ2n) is 8.16. The number of aromatic amines is 1. The van der Waals surface area contributed by atoms with Crippen molar-refractivity contribution in [3.63, 3.8) is 0 Å². The molecule has 0 aliphatic carbocycles. The summed E-state index contributed by atoms with van der Waals surface area (Å²) in [5, 5.41) is 4.16. The monoisotopic (exact) mass is 448 g/mol. The van der Waals surface area contributed by atoms with Gasteiger partial charge in [0.1, 0.15) is 17.4 Å². The Labute approximate surface area is 191 Å². The molecule has 3 aromatic carbocycles. The van der Waals surface area contributed by atoms with Gasteiger partial charge in [-0.3, -0.25) is 4.79 Å². The van der Waals surface area contributed by atoms with Crippen molar-refractivity contribution in [2.24, 2.45) is 0 Å². The predicted molar refractivity (Wildman–Crippen MR) is 127 cm³/mol. The van der Waals surface area contributed by atoms with E-state index in [1.54, 1.807) is 18.2 Å². The molecule has 0 bridgehead atoms. The molecule has 1 aromatic heterocycles. The highest BCUT2D eigenvalue weighted by Gasteiger charge is 2.18. The molecule has 4 rings (SSSR count). The van der Waals surface area contributed by atoms with E-state index in [0.29, 0.717) is 35.5 Å². The van der Waals surface area contributed by atoms with Crippen molar-refractivity contribution in [2.45, 2.75) is 32.7 Å². The van der Waals surface area contributed by atoms with Gasteiger partial charge in [-0.1, -0.05) is 31.2 Å². The van der Waals surface area contributed by atoms with Crippen molar-refractivity contribution >= 4 is 16.8 Å². The number of carbonyl (C=O) groups is 1. The zero-order chi connectivity index (χ0) is 23.4. The number of amides is 1. The van der Waals surface area contributed by atoms with Gasteiger partial charge in [-0.25, -0.2) is 8.78 Å². The number of nitrogens with one attached hydrogen (secondary N) is 2. The van der Waals surface area contributed by atoms with E-state index in [1.807, 2.05) is 44.3 Å². The summed E-state index contributed by atoms with van der Waals surface area (Å²) in [5.41, 5.74) is 3.39. The lowest BCUT2D eigenvalue weighted by Gasteiger charge is -2.17. The van der Waals surface area contributed by atoms with Gasteiger partial charge in [-0.15, -0.1) is 0 Å². The number of para-hydroxylation sites is 1. The summed E-state index contributed by atoms with van der Waals surface area (Å²) in [6, 6.07) is 16.2. The van der Waals surface area contributed by atoms with Crippen LogP contribution in [0.2, 0.25) is 0 Å². The molecule has 0 radical (unpaired) electrons. The topological polar surface area (TPSA) is 54.1 Å². The molecule has 0 aliphatic rings. The normalized spacial score (nSPS) is 12.0. The first kappa shape index (κ1) is 22.5. The number of ether oxygens (including phenoxy) is 1. The highest BCUT2D eigenvalue weighted by molar-refractivity contribution is 5.98. The maximum absolute atomic E-state index is 13.7. The first-order valence-electron chi connectivity index (χ1n) is 11.0. The van der Waals surface area contributed by atoms with E-state index >= 15 is 0 Å². The number of rotatable bonds is 8. The number of halogens is 2. The summed E-state index contributed by atoms with van der Waals surface area (Å²) in [7, 11) is 0. The predicted octanol–water partition coefficient (Wildman–Crippen LogP) is 6.26. The third-order valence-electron chi connectivity index (χ3n) is 5.46.